The van der Waals surface area contributed by atoms with E-state index >= 15 is 0 Å². The van der Waals surface area contributed by atoms with Crippen LogP contribution in [-0.4, -0.2) is 40.1 Å². The molecular weight excluding hydrogens is 488 g/mol. The first-order chi connectivity index (χ1) is 19.1. The van der Waals surface area contributed by atoms with E-state index in [1.807, 2.05) is 121 Å². The molecule has 2 amide bonds. The van der Waals surface area contributed by atoms with Crippen molar-refractivity contribution >= 4 is 11.8 Å². The maximum Gasteiger partial charge on any atom is 0.240 e. The fourth-order valence-corrected chi connectivity index (χ4v) is 6.07. The van der Waals surface area contributed by atoms with Crippen molar-refractivity contribution in [2.45, 2.75) is 23.9 Å². The lowest BCUT2D eigenvalue weighted by atomic mass is 9.90. The van der Waals surface area contributed by atoms with E-state index in [1.165, 1.54) is 4.90 Å². The minimum Gasteiger partial charge on any atom is -0.394 e. The number of amides is 2. The van der Waals surface area contributed by atoms with Gasteiger partial charge in [0.15, 0.2) is 0 Å². The molecule has 0 saturated heterocycles. The van der Waals surface area contributed by atoms with Gasteiger partial charge < -0.3 is 20.8 Å². The Morgan fingerprint density at radius 2 is 0.974 bits per heavy atom. The Kier molecular flexibility index (Phi) is 7.59. The second-order valence-electron chi connectivity index (χ2n) is 9.94. The molecule has 6 nitrogen and oxygen atoms in total. The average Bonchev–Trinajstić information content (AvgIpc) is 3.71. The molecule has 1 aliphatic carbocycles. The number of hydrogen-bond acceptors (Lipinski definition) is 4. The summed E-state index contributed by atoms with van der Waals surface area (Å²) >= 11 is 0. The molecule has 0 aromatic heterocycles. The molecule has 1 aliphatic rings. The van der Waals surface area contributed by atoms with Gasteiger partial charge in [0.2, 0.25) is 11.8 Å². The molecule has 1 fully saturated rings. The van der Waals surface area contributed by atoms with E-state index in [-0.39, 0.29) is 0 Å². The van der Waals surface area contributed by atoms with Crippen LogP contribution in [0.15, 0.2) is 121 Å². The standard InChI is InChI=1S/C33H32N2O4/c34-31(38)33(29(25-17-9-3-10-18-25)30(33)26-19-11-4-12-20-26)32(39)35(27(21-36)23-13-5-1-6-14-23)28(22-37)24-15-7-2-8-16-24/h1-20,27-30,36-37H,21-22H2,(H2,34,38)/t27-,28-,29-,30-/m0/s1. The summed E-state index contributed by atoms with van der Waals surface area (Å²) < 4.78 is 0. The van der Waals surface area contributed by atoms with Crippen LogP contribution in [0.25, 0.3) is 0 Å². The predicted octanol–water partition coefficient (Wildman–Crippen LogP) is 4.34. The lowest BCUT2D eigenvalue weighted by molar-refractivity contribution is -0.150. The molecule has 4 aromatic carbocycles. The molecule has 6 heteroatoms. The number of carbonyl (C=O) groups is 2. The summed E-state index contributed by atoms with van der Waals surface area (Å²) in [5.41, 5.74) is 7.62. The number of primary amides is 1. The number of carbonyl (C=O) groups excluding carboxylic acids is 2. The zero-order valence-corrected chi connectivity index (χ0v) is 21.5. The molecule has 0 bridgehead atoms. The first kappa shape index (κ1) is 26.4. The van der Waals surface area contributed by atoms with E-state index in [1.54, 1.807) is 0 Å². The Morgan fingerprint density at radius 1 is 0.641 bits per heavy atom. The van der Waals surface area contributed by atoms with E-state index < -0.39 is 54.4 Å². The van der Waals surface area contributed by atoms with Gasteiger partial charge in [0, 0.05) is 11.8 Å². The Balaban J connectivity index is 1.71. The molecule has 198 valence electrons. The van der Waals surface area contributed by atoms with E-state index in [9.17, 15) is 19.8 Å². The van der Waals surface area contributed by atoms with Crippen molar-refractivity contribution in [3.05, 3.63) is 144 Å². The van der Waals surface area contributed by atoms with Crippen molar-refractivity contribution in [3.63, 3.8) is 0 Å². The summed E-state index contributed by atoms with van der Waals surface area (Å²) in [6, 6.07) is 35.6. The van der Waals surface area contributed by atoms with Gasteiger partial charge in [-0.1, -0.05) is 121 Å². The fraction of sp³-hybridized carbons (Fsp3) is 0.212. The minimum absolute atomic E-state index is 0.403. The van der Waals surface area contributed by atoms with E-state index in [0.717, 1.165) is 11.1 Å². The first-order valence-electron chi connectivity index (χ1n) is 13.1. The zero-order valence-electron chi connectivity index (χ0n) is 21.5. The second-order valence-corrected chi connectivity index (χ2v) is 9.94. The Labute approximate surface area is 228 Å². The van der Waals surface area contributed by atoms with E-state index in [2.05, 4.69) is 0 Å². The maximum absolute atomic E-state index is 15.0. The quantitative estimate of drug-likeness (QED) is 0.271. The third-order valence-electron chi connectivity index (χ3n) is 7.90. The number of nitrogens with zero attached hydrogens (tertiary/aromatic N) is 1. The van der Waals surface area contributed by atoms with E-state index in [0.29, 0.717) is 11.1 Å². The van der Waals surface area contributed by atoms with Crippen LogP contribution < -0.4 is 5.73 Å². The largest absolute Gasteiger partial charge is 0.394 e. The highest BCUT2D eigenvalue weighted by Gasteiger charge is 2.75. The monoisotopic (exact) mass is 520 g/mol. The number of rotatable bonds is 10. The van der Waals surface area contributed by atoms with Gasteiger partial charge in [-0.3, -0.25) is 9.59 Å². The van der Waals surface area contributed by atoms with Crippen LogP contribution in [0.4, 0.5) is 0 Å². The molecule has 0 aliphatic heterocycles. The molecule has 1 saturated carbocycles. The molecule has 39 heavy (non-hydrogen) atoms. The number of nitrogens with two attached hydrogens (primary N) is 1. The lowest BCUT2D eigenvalue weighted by Gasteiger charge is -2.39. The highest BCUT2D eigenvalue weighted by Crippen LogP contribution is 2.71. The van der Waals surface area contributed by atoms with Crippen LogP contribution in [0.1, 0.15) is 46.2 Å². The predicted molar refractivity (Wildman–Crippen MR) is 149 cm³/mol. The van der Waals surface area contributed by atoms with Crippen molar-refractivity contribution in [2.75, 3.05) is 13.2 Å². The summed E-state index contributed by atoms with van der Waals surface area (Å²) in [5.74, 6) is -2.24. The zero-order chi connectivity index (χ0) is 27.4. The summed E-state index contributed by atoms with van der Waals surface area (Å²) in [6.45, 7) is -0.806. The van der Waals surface area contributed by atoms with Crippen LogP contribution in [0.2, 0.25) is 0 Å². The number of hydrogen-bond donors (Lipinski definition) is 3. The highest BCUT2D eigenvalue weighted by atomic mass is 16.3. The van der Waals surface area contributed by atoms with Crippen LogP contribution in [-0.2, 0) is 9.59 Å². The smallest absolute Gasteiger partial charge is 0.240 e. The number of benzene rings is 4. The van der Waals surface area contributed by atoms with Gasteiger partial charge in [-0.15, -0.1) is 0 Å². The van der Waals surface area contributed by atoms with Crippen molar-refractivity contribution in [3.8, 4) is 0 Å². The second kappa shape index (κ2) is 11.2. The SMILES string of the molecule is NC(=O)C1(C(=O)N([C@@H](CO)c2ccccc2)[C@@H](CO)c2ccccc2)[C@@H](c2ccccc2)[C@@H]1c1ccccc1. The van der Waals surface area contributed by atoms with Gasteiger partial charge in [0.1, 0.15) is 5.41 Å². The van der Waals surface area contributed by atoms with E-state index in [4.69, 9.17) is 5.73 Å². The van der Waals surface area contributed by atoms with Crippen molar-refractivity contribution < 1.29 is 19.8 Å². The highest BCUT2D eigenvalue weighted by molar-refractivity contribution is 6.11. The summed E-state index contributed by atoms with van der Waals surface area (Å²) in [6.07, 6.45) is 0. The van der Waals surface area contributed by atoms with Crippen LogP contribution in [0.3, 0.4) is 0 Å². The molecule has 4 N–H and O–H groups in total. The Hall–Kier alpha value is -4.26. The van der Waals surface area contributed by atoms with Crippen LogP contribution in [0, 0.1) is 5.41 Å². The average molecular weight is 521 g/mol. The van der Waals surface area contributed by atoms with Gasteiger partial charge >= 0.3 is 0 Å². The van der Waals surface area contributed by atoms with Crippen LogP contribution >= 0.6 is 0 Å². The molecule has 0 spiro atoms. The van der Waals surface area contributed by atoms with Gasteiger partial charge in [0.25, 0.3) is 0 Å². The molecule has 4 atom stereocenters. The third kappa shape index (κ3) is 4.62. The lowest BCUT2D eigenvalue weighted by Crippen LogP contribution is -2.49. The summed E-state index contributed by atoms with van der Waals surface area (Å²) in [5, 5.41) is 21.4. The Bertz CT molecular complexity index is 1300. The van der Waals surface area contributed by atoms with Crippen molar-refractivity contribution in [1.82, 2.24) is 4.90 Å². The molecule has 0 unspecified atom stereocenters. The maximum atomic E-state index is 15.0. The first-order valence-corrected chi connectivity index (χ1v) is 13.1. The molecule has 0 heterocycles. The normalized spacial score (nSPS) is 21.5. The molecule has 5 rings (SSSR count). The number of aliphatic hydroxyl groups is 2. The van der Waals surface area contributed by atoms with Crippen molar-refractivity contribution in [1.29, 1.82) is 0 Å². The third-order valence-corrected chi connectivity index (χ3v) is 7.90. The topological polar surface area (TPSA) is 104 Å². The molecular formula is C33H32N2O4. The van der Waals surface area contributed by atoms with Gasteiger partial charge in [0.05, 0.1) is 25.3 Å². The fourth-order valence-electron chi connectivity index (χ4n) is 6.07. The Morgan fingerprint density at radius 3 is 1.28 bits per heavy atom. The van der Waals surface area contributed by atoms with Crippen LogP contribution in [0.5, 0.6) is 0 Å². The molecule has 0 radical (unpaired) electrons. The molecule has 4 aromatic rings. The summed E-state index contributed by atoms with van der Waals surface area (Å²) in [7, 11) is 0. The van der Waals surface area contributed by atoms with Gasteiger partial charge in [-0.2, -0.15) is 0 Å². The summed E-state index contributed by atoms with van der Waals surface area (Å²) in [4.78, 5) is 30.0. The minimum atomic E-state index is -1.60. The van der Waals surface area contributed by atoms with Crippen molar-refractivity contribution in [2.24, 2.45) is 11.1 Å². The number of aliphatic hydroxyl groups excluding tert-OH is 2. The van der Waals surface area contributed by atoms with Gasteiger partial charge in [-0.25, -0.2) is 0 Å². The van der Waals surface area contributed by atoms with Gasteiger partial charge in [-0.05, 0) is 22.3 Å².